The molecule has 0 saturated heterocycles. The Morgan fingerprint density at radius 3 is 2.64 bits per heavy atom. The molecule has 0 aromatic heterocycles. The number of aromatic carboxylic acids is 1. The number of hydrogen-bond donors (Lipinski definition) is 2. The van der Waals surface area contributed by atoms with E-state index in [1.165, 1.54) is 0 Å². The van der Waals surface area contributed by atoms with Gasteiger partial charge < -0.3 is 15.2 Å². The highest BCUT2D eigenvalue weighted by molar-refractivity contribution is 5.94. The molecule has 0 aliphatic carbocycles. The van der Waals surface area contributed by atoms with E-state index in [-0.39, 0.29) is 11.5 Å². The lowest BCUT2D eigenvalue weighted by Gasteiger charge is -2.17. The highest BCUT2D eigenvalue weighted by atomic mass is 16.5. The van der Waals surface area contributed by atoms with E-state index in [1.54, 1.807) is 24.3 Å². The monoisotopic (exact) mass is 297 g/mol. The van der Waals surface area contributed by atoms with E-state index in [2.05, 4.69) is 5.32 Å². The predicted octanol–water partition coefficient (Wildman–Crippen LogP) is 2.85. The van der Waals surface area contributed by atoms with Crippen molar-refractivity contribution < 1.29 is 19.4 Å². The predicted molar refractivity (Wildman–Crippen MR) is 81.1 cm³/mol. The third-order valence-electron chi connectivity index (χ3n) is 3.58. The highest BCUT2D eigenvalue weighted by Gasteiger charge is 2.15. The molecule has 112 valence electrons. The number of carbonyl (C=O) groups is 2. The molecule has 1 aliphatic rings. The van der Waals surface area contributed by atoms with Gasteiger partial charge in [-0.3, -0.25) is 4.79 Å². The van der Waals surface area contributed by atoms with Crippen molar-refractivity contribution in [1.29, 1.82) is 0 Å². The number of ether oxygens (including phenoxy) is 1. The van der Waals surface area contributed by atoms with Crippen LogP contribution < -0.4 is 10.1 Å². The van der Waals surface area contributed by atoms with Crippen LogP contribution in [0.1, 0.15) is 27.9 Å². The number of aryl methyl sites for hydroxylation is 1. The van der Waals surface area contributed by atoms with Crippen LogP contribution in [-0.4, -0.2) is 17.0 Å². The second-order valence-electron chi connectivity index (χ2n) is 5.16. The fourth-order valence-electron chi connectivity index (χ4n) is 2.36. The fraction of sp³-hybridized carbons (Fsp3) is 0.176. The quantitative estimate of drug-likeness (QED) is 0.910. The van der Waals surface area contributed by atoms with E-state index in [0.717, 1.165) is 22.6 Å². The maximum absolute atomic E-state index is 11.3. The second kappa shape index (κ2) is 5.89. The van der Waals surface area contributed by atoms with Gasteiger partial charge in [0.05, 0.1) is 5.56 Å². The summed E-state index contributed by atoms with van der Waals surface area (Å²) in [6.45, 7) is 0.366. The van der Waals surface area contributed by atoms with Crippen molar-refractivity contribution >= 4 is 17.6 Å². The maximum Gasteiger partial charge on any atom is 0.335 e. The first kappa shape index (κ1) is 14.1. The highest BCUT2D eigenvalue weighted by Crippen LogP contribution is 2.27. The van der Waals surface area contributed by atoms with Crippen LogP contribution in [0.4, 0.5) is 5.69 Å². The van der Waals surface area contributed by atoms with Gasteiger partial charge in [0.15, 0.2) is 0 Å². The number of benzene rings is 2. The third-order valence-corrected chi connectivity index (χ3v) is 3.58. The summed E-state index contributed by atoms with van der Waals surface area (Å²) in [7, 11) is 0. The van der Waals surface area contributed by atoms with Crippen molar-refractivity contribution in [3.05, 3.63) is 59.2 Å². The maximum atomic E-state index is 11.3. The minimum atomic E-state index is -0.941. The van der Waals surface area contributed by atoms with Gasteiger partial charge in [-0.1, -0.05) is 12.1 Å². The number of hydrogen-bond acceptors (Lipinski definition) is 3. The van der Waals surface area contributed by atoms with Crippen LogP contribution >= 0.6 is 0 Å². The van der Waals surface area contributed by atoms with Crippen LogP contribution in [0.25, 0.3) is 0 Å². The Bertz CT molecular complexity index is 722. The summed E-state index contributed by atoms with van der Waals surface area (Å²) in [6, 6.07) is 12.2. The van der Waals surface area contributed by atoms with Gasteiger partial charge in [0.2, 0.25) is 5.91 Å². The molecule has 2 N–H and O–H groups in total. The van der Waals surface area contributed by atoms with E-state index in [1.807, 2.05) is 18.2 Å². The molecule has 0 fully saturated rings. The molecule has 2 aromatic carbocycles. The molecule has 2 aromatic rings. The summed E-state index contributed by atoms with van der Waals surface area (Å²) >= 11 is 0. The molecule has 5 nitrogen and oxygen atoms in total. The average molecular weight is 297 g/mol. The summed E-state index contributed by atoms with van der Waals surface area (Å²) in [5.41, 5.74) is 3.07. The van der Waals surface area contributed by atoms with Crippen molar-refractivity contribution in [3.63, 3.8) is 0 Å². The Labute approximate surface area is 127 Å². The number of rotatable bonds is 4. The van der Waals surface area contributed by atoms with Gasteiger partial charge in [-0.15, -0.1) is 0 Å². The molecule has 0 radical (unpaired) electrons. The molecule has 0 spiro atoms. The molecule has 5 heteroatoms. The fourth-order valence-corrected chi connectivity index (χ4v) is 2.36. The molecule has 22 heavy (non-hydrogen) atoms. The number of carbonyl (C=O) groups excluding carboxylic acids is 1. The zero-order chi connectivity index (χ0) is 15.5. The first-order valence-corrected chi connectivity index (χ1v) is 6.99. The Morgan fingerprint density at radius 2 is 1.91 bits per heavy atom. The summed E-state index contributed by atoms with van der Waals surface area (Å²) < 4.78 is 5.73. The number of amides is 1. The first-order chi connectivity index (χ1) is 10.6. The van der Waals surface area contributed by atoms with E-state index >= 15 is 0 Å². The van der Waals surface area contributed by atoms with Gasteiger partial charge in [0.25, 0.3) is 0 Å². The van der Waals surface area contributed by atoms with Crippen molar-refractivity contribution in [3.8, 4) is 5.75 Å². The lowest BCUT2D eigenvalue weighted by molar-refractivity contribution is -0.116. The van der Waals surface area contributed by atoms with Crippen LogP contribution in [-0.2, 0) is 17.8 Å². The molecule has 3 rings (SSSR count). The van der Waals surface area contributed by atoms with Crippen LogP contribution in [0.2, 0.25) is 0 Å². The molecule has 0 atom stereocenters. The van der Waals surface area contributed by atoms with Crippen molar-refractivity contribution in [2.45, 2.75) is 19.4 Å². The van der Waals surface area contributed by atoms with E-state index in [9.17, 15) is 9.59 Å². The molecule has 1 amide bonds. The van der Waals surface area contributed by atoms with E-state index < -0.39 is 5.97 Å². The first-order valence-electron chi connectivity index (χ1n) is 6.99. The lowest BCUT2D eigenvalue weighted by atomic mass is 10.0. The van der Waals surface area contributed by atoms with Crippen LogP contribution in [0, 0.1) is 0 Å². The number of carboxylic acids is 1. The molecule has 0 saturated carbocycles. The molecule has 0 unspecified atom stereocenters. The lowest BCUT2D eigenvalue weighted by Crippen LogP contribution is -2.18. The van der Waals surface area contributed by atoms with Crippen LogP contribution in [0.5, 0.6) is 5.75 Å². The van der Waals surface area contributed by atoms with E-state index in [0.29, 0.717) is 19.4 Å². The zero-order valence-electron chi connectivity index (χ0n) is 11.8. The van der Waals surface area contributed by atoms with Gasteiger partial charge in [-0.05, 0) is 47.9 Å². The standard InChI is InChI=1S/C17H15NO4/c19-16-8-5-13-9-14(6-7-15(13)18-16)22-10-11-1-3-12(4-2-11)17(20)21/h1-4,6-7,9H,5,8,10H2,(H,18,19)(H,20,21). The zero-order valence-corrected chi connectivity index (χ0v) is 11.8. The molecule has 0 bridgehead atoms. The number of nitrogens with one attached hydrogen (secondary N) is 1. The van der Waals surface area contributed by atoms with Crippen molar-refractivity contribution in [1.82, 2.24) is 0 Å². The number of carboxylic acid groups (broad SMARTS) is 1. The third kappa shape index (κ3) is 3.09. The average Bonchev–Trinajstić information content (AvgIpc) is 2.53. The van der Waals surface area contributed by atoms with Crippen LogP contribution in [0.3, 0.4) is 0 Å². The summed E-state index contributed by atoms with van der Waals surface area (Å²) in [4.78, 5) is 22.1. The van der Waals surface area contributed by atoms with Gasteiger partial charge >= 0.3 is 5.97 Å². The van der Waals surface area contributed by atoms with E-state index in [4.69, 9.17) is 9.84 Å². The molecular weight excluding hydrogens is 282 g/mol. The minimum Gasteiger partial charge on any atom is -0.489 e. The summed E-state index contributed by atoms with van der Waals surface area (Å²) in [6.07, 6.45) is 1.21. The Balaban J connectivity index is 1.66. The number of fused-ring (bicyclic) bond motifs is 1. The molecule has 1 aliphatic heterocycles. The minimum absolute atomic E-state index is 0.0414. The largest absolute Gasteiger partial charge is 0.489 e. The topological polar surface area (TPSA) is 75.6 Å². The van der Waals surface area contributed by atoms with Gasteiger partial charge in [-0.2, -0.15) is 0 Å². The Hall–Kier alpha value is -2.82. The summed E-state index contributed by atoms with van der Waals surface area (Å²) in [5.74, 6) is -0.166. The second-order valence-corrected chi connectivity index (χ2v) is 5.16. The Morgan fingerprint density at radius 1 is 1.14 bits per heavy atom. The SMILES string of the molecule is O=C1CCc2cc(OCc3ccc(C(=O)O)cc3)ccc2N1. The Kier molecular flexibility index (Phi) is 3.78. The normalized spacial score (nSPS) is 13.2. The van der Waals surface area contributed by atoms with Gasteiger partial charge in [-0.25, -0.2) is 4.79 Å². The number of anilines is 1. The molecule has 1 heterocycles. The van der Waals surface area contributed by atoms with Crippen molar-refractivity contribution in [2.75, 3.05) is 5.32 Å². The van der Waals surface area contributed by atoms with Gasteiger partial charge in [0.1, 0.15) is 12.4 Å². The summed E-state index contributed by atoms with van der Waals surface area (Å²) in [5, 5.41) is 11.7. The molecular formula is C17H15NO4. The van der Waals surface area contributed by atoms with Gasteiger partial charge in [0, 0.05) is 12.1 Å². The van der Waals surface area contributed by atoms with Crippen molar-refractivity contribution in [2.24, 2.45) is 0 Å². The smallest absolute Gasteiger partial charge is 0.335 e. The van der Waals surface area contributed by atoms with Crippen LogP contribution in [0.15, 0.2) is 42.5 Å².